The predicted octanol–water partition coefficient (Wildman–Crippen LogP) is -1.91. The van der Waals surface area contributed by atoms with Gasteiger partial charge in [-0.1, -0.05) is 0 Å². The largest absolute Gasteiger partial charge is 0.384 e. The second kappa shape index (κ2) is 1.76. The first-order chi connectivity index (χ1) is 4.88. The molecular formula is C6H6N2O2. The minimum Gasteiger partial charge on any atom is -0.384 e. The molecule has 0 unspecified atom stereocenters. The van der Waals surface area contributed by atoms with Gasteiger partial charge in [-0.25, -0.2) is 0 Å². The van der Waals surface area contributed by atoms with Crippen LogP contribution in [-0.2, 0) is 0 Å². The third kappa shape index (κ3) is 0.586. The normalized spacial score (nSPS) is 14.4. The monoisotopic (exact) mass is 138 g/mol. The smallest absolute Gasteiger partial charge is 0.287 e. The lowest BCUT2D eigenvalue weighted by Crippen LogP contribution is -2.38. The summed E-state index contributed by atoms with van der Waals surface area (Å²) < 4.78 is 4.80. The highest BCUT2D eigenvalue weighted by Crippen LogP contribution is 1.66. The zero-order chi connectivity index (χ0) is 6.97. The van der Waals surface area contributed by atoms with E-state index in [2.05, 4.69) is 10.5 Å². The summed E-state index contributed by atoms with van der Waals surface area (Å²) in [7, 11) is 0. The van der Waals surface area contributed by atoms with Crippen LogP contribution in [0.5, 0.6) is 0 Å². The summed E-state index contributed by atoms with van der Waals surface area (Å²) in [6, 6.07) is 0. The molecule has 0 saturated heterocycles. The van der Waals surface area contributed by atoms with Gasteiger partial charge in [0.1, 0.15) is 0 Å². The molecule has 10 heavy (non-hydrogen) atoms. The van der Waals surface area contributed by atoms with E-state index in [-0.39, 0.29) is 5.56 Å². The fourth-order valence-electron chi connectivity index (χ4n) is 0.936. The van der Waals surface area contributed by atoms with E-state index in [1.807, 2.05) is 0 Å². The summed E-state index contributed by atoms with van der Waals surface area (Å²) in [5.41, 5.74) is 0.420. The summed E-state index contributed by atoms with van der Waals surface area (Å²) in [6.07, 6.45) is 3.46. The number of fused-ring (bicyclic) bond motifs is 1. The first-order valence-corrected chi connectivity index (χ1v) is 2.99. The fraction of sp³-hybridized carbons (Fsp3) is 0.167. The number of hydrogen-bond acceptors (Lipinski definition) is 3. The van der Waals surface area contributed by atoms with Crippen molar-refractivity contribution < 1.29 is 4.52 Å². The zero-order valence-electron chi connectivity index (χ0n) is 5.18. The summed E-state index contributed by atoms with van der Waals surface area (Å²) in [4.78, 5) is 10.8. The van der Waals surface area contributed by atoms with Crippen molar-refractivity contribution in [2.24, 2.45) is 0 Å². The lowest BCUT2D eigenvalue weighted by molar-refractivity contribution is 0.387. The standard InChI is InChI=1S/C6H6N2O2/c9-6-4-1-2-7-3-5(4)10-8-6/h1,3,7H,2H2,(H,8,9). The molecule has 0 atom stereocenters. The van der Waals surface area contributed by atoms with Crippen molar-refractivity contribution in [2.75, 3.05) is 6.54 Å². The van der Waals surface area contributed by atoms with Gasteiger partial charge in [0.25, 0.3) is 5.56 Å². The van der Waals surface area contributed by atoms with E-state index < -0.39 is 0 Å². The van der Waals surface area contributed by atoms with E-state index in [9.17, 15) is 4.79 Å². The maximum atomic E-state index is 10.8. The van der Waals surface area contributed by atoms with E-state index >= 15 is 0 Å². The van der Waals surface area contributed by atoms with Crippen LogP contribution in [0, 0.1) is 0 Å². The van der Waals surface area contributed by atoms with Gasteiger partial charge >= 0.3 is 0 Å². The van der Waals surface area contributed by atoms with Crippen LogP contribution in [0.25, 0.3) is 12.3 Å². The molecular weight excluding hydrogens is 132 g/mol. The average Bonchev–Trinajstić information content (AvgIpc) is 2.34. The summed E-state index contributed by atoms with van der Waals surface area (Å²) in [5.74, 6) is 0. The highest BCUT2D eigenvalue weighted by Gasteiger charge is 1.98. The maximum Gasteiger partial charge on any atom is 0.287 e. The lowest BCUT2D eigenvalue weighted by atomic mass is 10.3. The van der Waals surface area contributed by atoms with Crippen LogP contribution in [0.15, 0.2) is 9.32 Å². The molecule has 0 fully saturated rings. The van der Waals surface area contributed by atoms with E-state index in [0.29, 0.717) is 17.2 Å². The SMILES string of the molecule is O=c1[nH]oc2c1=CCNC=2. The highest BCUT2D eigenvalue weighted by molar-refractivity contribution is 5.33. The van der Waals surface area contributed by atoms with Crippen LogP contribution < -0.4 is 21.5 Å². The Balaban J connectivity index is 3.02. The van der Waals surface area contributed by atoms with Gasteiger partial charge in [-0.15, -0.1) is 0 Å². The van der Waals surface area contributed by atoms with Crippen LogP contribution in [0.4, 0.5) is 0 Å². The Morgan fingerprint density at radius 3 is 3.30 bits per heavy atom. The molecule has 2 N–H and O–H groups in total. The topological polar surface area (TPSA) is 58.0 Å². The first kappa shape index (κ1) is 5.34. The first-order valence-electron chi connectivity index (χ1n) is 2.99. The lowest BCUT2D eigenvalue weighted by Gasteiger charge is -1.93. The van der Waals surface area contributed by atoms with Gasteiger partial charge in [-0.3, -0.25) is 4.79 Å². The molecule has 1 aromatic rings. The molecule has 2 heterocycles. The van der Waals surface area contributed by atoms with Crippen LogP contribution in [0.3, 0.4) is 0 Å². The van der Waals surface area contributed by atoms with Crippen molar-refractivity contribution in [1.29, 1.82) is 0 Å². The molecule has 0 amide bonds. The number of aromatic nitrogens is 1. The van der Waals surface area contributed by atoms with Crippen LogP contribution in [0.2, 0.25) is 0 Å². The van der Waals surface area contributed by atoms with Gasteiger partial charge < -0.3 is 9.84 Å². The van der Waals surface area contributed by atoms with Crippen LogP contribution in [0.1, 0.15) is 0 Å². The minimum absolute atomic E-state index is 0.159. The second-order valence-electron chi connectivity index (χ2n) is 2.07. The van der Waals surface area contributed by atoms with E-state index in [1.165, 1.54) is 0 Å². The maximum absolute atomic E-state index is 10.8. The Kier molecular flexibility index (Phi) is 0.943. The number of nitrogens with one attached hydrogen (secondary N) is 2. The number of rotatable bonds is 0. The van der Waals surface area contributed by atoms with Crippen molar-refractivity contribution in [2.45, 2.75) is 0 Å². The Hall–Kier alpha value is -1.45. The van der Waals surface area contributed by atoms with Crippen molar-refractivity contribution in [3.05, 3.63) is 21.0 Å². The molecule has 0 saturated carbocycles. The molecule has 1 aliphatic rings. The number of aromatic amines is 1. The average molecular weight is 138 g/mol. The highest BCUT2D eigenvalue weighted by atomic mass is 16.5. The van der Waals surface area contributed by atoms with Crippen molar-refractivity contribution in [3.63, 3.8) is 0 Å². The molecule has 1 aliphatic heterocycles. The van der Waals surface area contributed by atoms with Gasteiger partial charge in [-0.05, 0) is 6.08 Å². The molecule has 0 bridgehead atoms. The van der Waals surface area contributed by atoms with Gasteiger partial charge in [0.2, 0.25) is 0 Å². The molecule has 2 rings (SSSR count). The third-order valence-corrected chi connectivity index (χ3v) is 1.42. The van der Waals surface area contributed by atoms with E-state index in [4.69, 9.17) is 4.52 Å². The summed E-state index contributed by atoms with van der Waals surface area (Å²) in [5, 5.41) is 5.79. The molecule has 0 aromatic carbocycles. The van der Waals surface area contributed by atoms with Crippen molar-refractivity contribution >= 4 is 12.3 Å². The molecule has 0 radical (unpaired) electrons. The Labute approximate surface area is 55.8 Å². The van der Waals surface area contributed by atoms with Crippen molar-refractivity contribution in [1.82, 2.24) is 10.5 Å². The Bertz CT molecular complexity index is 398. The Morgan fingerprint density at radius 2 is 2.50 bits per heavy atom. The molecule has 4 nitrogen and oxygen atoms in total. The fourth-order valence-corrected chi connectivity index (χ4v) is 0.936. The summed E-state index contributed by atoms with van der Waals surface area (Å²) in [6.45, 7) is 0.690. The van der Waals surface area contributed by atoms with Crippen molar-refractivity contribution in [3.8, 4) is 0 Å². The van der Waals surface area contributed by atoms with Gasteiger partial charge in [0.05, 0.1) is 5.22 Å². The number of hydrogen-bond donors (Lipinski definition) is 2. The van der Waals surface area contributed by atoms with Gasteiger partial charge in [0.15, 0.2) is 5.42 Å². The van der Waals surface area contributed by atoms with E-state index in [0.717, 1.165) is 0 Å². The Morgan fingerprint density at radius 1 is 1.60 bits per heavy atom. The van der Waals surface area contributed by atoms with Crippen LogP contribution >= 0.6 is 0 Å². The third-order valence-electron chi connectivity index (χ3n) is 1.42. The molecule has 0 spiro atoms. The van der Waals surface area contributed by atoms with Gasteiger partial charge in [-0.2, -0.15) is 5.16 Å². The molecule has 4 heteroatoms. The quantitative estimate of drug-likeness (QED) is 0.440. The molecule has 52 valence electrons. The minimum atomic E-state index is -0.159. The summed E-state index contributed by atoms with van der Waals surface area (Å²) >= 11 is 0. The second-order valence-corrected chi connectivity index (χ2v) is 2.07. The van der Waals surface area contributed by atoms with E-state index in [1.54, 1.807) is 12.3 Å². The number of H-pyrrole nitrogens is 1. The van der Waals surface area contributed by atoms with Gasteiger partial charge in [0, 0.05) is 12.7 Å². The predicted molar refractivity (Wildman–Crippen MR) is 35.5 cm³/mol. The molecule has 1 aromatic heterocycles. The molecule has 0 aliphatic carbocycles. The van der Waals surface area contributed by atoms with Crippen LogP contribution in [-0.4, -0.2) is 11.7 Å². The zero-order valence-corrected chi connectivity index (χ0v) is 5.18.